The van der Waals surface area contributed by atoms with Gasteiger partial charge in [0.05, 0.1) is 35.4 Å². The Balaban J connectivity index is 0.000000297. The van der Waals surface area contributed by atoms with Crippen LogP contribution in [0.3, 0.4) is 0 Å². The quantitative estimate of drug-likeness (QED) is 0.219. The standard InChI is InChI=1S/C18H16F3NO.C8H3F3IN/c1-11(2)12-4-7-17(23-3)16(9-12)15-6-5-14(18(19,20)21)8-13(15)10-22;9-8(10,11)6-1-2-7(12)5(3-6)4-13/h4-9,11H,1-3H3;1-3H. The van der Waals surface area contributed by atoms with E-state index in [0.29, 0.717) is 20.4 Å². The minimum Gasteiger partial charge on any atom is -0.496 e. The molecular formula is C26H19F6IN2O. The first kappa shape index (κ1) is 29.0. The Kier molecular flexibility index (Phi) is 9.38. The fourth-order valence-electron chi connectivity index (χ4n) is 3.13. The van der Waals surface area contributed by atoms with Crippen molar-refractivity contribution in [1.29, 1.82) is 10.5 Å². The van der Waals surface area contributed by atoms with Gasteiger partial charge in [0.15, 0.2) is 0 Å². The summed E-state index contributed by atoms with van der Waals surface area (Å²) in [4.78, 5) is 0. The van der Waals surface area contributed by atoms with E-state index in [-0.39, 0.29) is 17.0 Å². The Morgan fingerprint density at radius 3 is 1.75 bits per heavy atom. The van der Waals surface area contributed by atoms with Crippen LogP contribution in [-0.4, -0.2) is 7.11 Å². The van der Waals surface area contributed by atoms with E-state index in [1.54, 1.807) is 12.1 Å². The smallest absolute Gasteiger partial charge is 0.416 e. The zero-order valence-corrected chi connectivity index (χ0v) is 21.4. The van der Waals surface area contributed by atoms with Gasteiger partial charge in [-0.25, -0.2) is 0 Å². The first-order valence-electron chi connectivity index (χ1n) is 10.3. The van der Waals surface area contributed by atoms with E-state index in [1.165, 1.54) is 19.2 Å². The molecule has 3 nitrogen and oxygen atoms in total. The zero-order valence-electron chi connectivity index (χ0n) is 19.2. The van der Waals surface area contributed by atoms with Gasteiger partial charge in [-0.1, -0.05) is 26.0 Å². The van der Waals surface area contributed by atoms with Gasteiger partial charge in [-0.2, -0.15) is 36.9 Å². The zero-order chi connectivity index (χ0) is 27.3. The number of alkyl halides is 6. The molecule has 0 radical (unpaired) electrons. The average molecular weight is 616 g/mol. The summed E-state index contributed by atoms with van der Waals surface area (Å²) in [6, 6.07) is 15.3. The summed E-state index contributed by atoms with van der Waals surface area (Å²) in [5.74, 6) is 0.769. The summed E-state index contributed by atoms with van der Waals surface area (Å²) in [6.07, 6.45) is -8.86. The molecule has 0 aromatic heterocycles. The van der Waals surface area contributed by atoms with Crippen molar-refractivity contribution >= 4 is 22.6 Å². The van der Waals surface area contributed by atoms with Gasteiger partial charge in [0.2, 0.25) is 0 Å². The van der Waals surface area contributed by atoms with Gasteiger partial charge in [0.1, 0.15) is 11.8 Å². The molecule has 0 atom stereocenters. The maximum atomic E-state index is 12.8. The fraction of sp³-hybridized carbons (Fsp3) is 0.231. The summed E-state index contributed by atoms with van der Waals surface area (Å²) in [6.45, 7) is 4.03. The van der Waals surface area contributed by atoms with Crippen LogP contribution in [-0.2, 0) is 12.4 Å². The van der Waals surface area contributed by atoms with Crippen LogP contribution in [0.5, 0.6) is 5.75 Å². The molecule has 3 rings (SSSR count). The highest BCUT2D eigenvalue weighted by Gasteiger charge is 2.32. The van der Waals surface area contributed by atoms with E-state index in [1.807, 2.05) is 54.6 Å². The molecule has 0 aliphatic rings. The number of halogens is 7. The van der Waals surface area contributed by atoms with Crippen LogP contribution in [0.4, 0.5) is 26.3 Å². The number of rotatable bonds is 3. The van der Waals surface area contributed by atoms with Gasteiger partial charge in [-0.05, 0) is 76.5 Å². The van der Waals surface area contributed by atoms with Gasteiger partial charge in [0.25, 0.3) is 0 Å². The second kappa shape index (κ2) is 11.7. The van der Waals surface area contributed by atoms with Crippen molar-refractivity contribution in [2.24, 2.45) is 0 Å². The number of nitriles is 2. The van der Waals surface area contributed by atoms with Crippen LogP contribution >= 0.6 is 22.6 Å². The Labute approximate surface area is 218 Å². The lowest BCUT2D eigenvalue weighted by Gasteiger charge is -2.15. The molecule has 0 aliphatic carbocycles. The molecule has 0 amide bonds. The molecule has 0 bridgehead atoms. The van der Waals surface area contributed by atoms with Gasteiger partial charge < -0.3 is 4.74 Å². The second-order valence-electron chi connectivity index (χ2n) is 7.79. The van der Waals surface area contributed by atoms with E-state index in [9.17, 15) is 31.6 Å². The van der Waals surface area contributed by atoms with Gasteiger partial charge in [0, 0.05) is 14.7 Å². The number of nitrogens with zero attached hydrogens (tertiary/aromatic N) is 2. The normalized spacial score (nSPS) is 11.2. The largest absolute Gasteiger partial charge is 0.496 e. The van der Waals surface area contributed by atoms with Gasteiger partial charge in [-0.15, -0.1) is 0 Å². The van der Waals surface area contributed by atoms with E-state index in [0.717, 1.165) is 29.8 Å². The molecule has 0 heterocycles. The van der Waals surface area contributed by atoms with Crippen LogP contribution in [0.2, 0.25) is 0 Å². The predicted octanol–water partition coefficient (Wildman–Crippen LogP) is 8.56. The molecule has 0 saturated carbocycles. The number of hydrogen-bond donors (Lipinski definition) is 0. The van der Waals surface area contributed by atoms with Gasteiger partial charge in [-0.3, -0.25) is 0 Å². The Morgan fingerprint density at radius 2 is 1.28 bits per heavy atom. The third-order valence-electron chi connectivity index (χ3n) is 5.06. The molecule has 0 unspecified atom stereocenters. The lowest BCUT2D eigenvalue weighted by Crippen LogP contribution is -2.05. The molecule has 0 N–H and O–H groups in total. The van der Waals surface area contributed by atoms with E-state index in [2.05, 4.69) is 0 Å². The Morgan fingerprint density at radius 1 is 0.750 bits per heavy atom. The van der Waals surface area contributed by atoms with Crippen LogP contribution in [0.25, 0.3) is 11.1 Å². The molecule has 10 heteroatoms. The lowest BCUT2D eigenvalue weighted by molar-refractivity contribution is -0.138. The summed E-state index contributed by atoms with van der Waals surface area (Å²) >= 11 is 1.82. The molecule has 0 spiro atoms. The van der Waals surface area contributed by atoms with Gasteiger partial charge >= 0.3 is 12.4 Å². The minimum absolute atomic E-state index is 0.0287. The first-order chi connectivity index (χ1) is 16.7. The van der Waals surface area contributed by atoms with Crippen LogP contribution in [0, 0.1) is 26.2 Å². The van der Waals surface area contributed by atoms with Crippen molar-refractivity contribution in [3.8, 4) is 29.0 Å². The summed E-state index contributed by atoms with van der Waals surface area (Å²) < 4.78 is 80.7. The highest BCUT2D eigenvalue weighted by Crippen LogP contribution is 2.38. The van der Waals surface area contributed by atoms with Crippen LogP contribution in [0.1, 0.15) is 47.6 Å². The number of hydrogen-bond acceptors (Lipinski definition) is 3. The predicted molar refractivity (Wildman–Crippen MR) is 131 cm³/mol. The molecule has 0 aliphatic heterocycles. The highest BCUT2D eigenvalue weighted by molar-refractivity contribution is 14.1. The van der Waals surface area contributed by atoms with Crippen molar-refractivity contribution in [2.45, 2.75) is 32.1 Å². The molecule has 36 heavy (non-hydrogen) atoms. The number of methoxy groups -OCH3 is 1. The number of ether oxygens (including phenoxy) is 1. The summed E-state index contributed by atoms with van der Waals surface area (Å²) in [5.41, 5.74) is 0.462. The molecule has 3 aromatic carbocycles. The molecule has 188 valence electrons. The van der Waals surface area contributed by atoms with E-state index < -0.39 is 23.5 Å². The van der Waals surface area contributed by atoms with Crippen molar-refractivity contribution in [3.63, 3.8) is 0 Å². The van der Waals surface area contributed by atoms with Crippen LogP contribution in [0.15, 0.2) is 54.6 Å². The topological polar surface area (TPSA) is 56.8 Å². The van der Waals surface area contributed by atoms with Crippen molar-refractivity contribution in [1.82, 2.24) is 0 Å². The second-order valence-corrected chi connectivity index (χ2v) is 8.95. The van der Waals surface area contributed by atoms with E-state index in [4.69, 9.17) is 10.00 Å². The fourth-order valence-corrected chi connectivity index (χ4v) is 3.59. The first-order valence-corrected chi connectivity index (χ1v) is 11.4. The lowest BCUT2D eigenvalue weighted by atomic mass is 9.93. The monoisotopic (exact) mass is 616 g/mol. The van der Waals surface area contributed by atoms with Crippen molar-refractivity contribution in [2.75, 3.05) is 7.11 Å². The third kappa shape index (κ3) is 7.14. The highest BCUT2D eigenvalue weighted by atomic mass is 127. The van der Waals surface area contributed by atoms with Crippen molar-refractivity contribution < 1.29 is 31.1 Å². The molecule has 0 fully saturated rings. The maximum absolute atomic E-state index is 12.8. The average Bonchev–Trinajstić information content (AvgIpc) is 2.82. The summed E-state index contributed by atoms with van der Waals surface area (Å²) in [5, 5.41) is 17.7. The van der Waals surface area contributed by atoms with E-state index >= 15 is 0 Å². The Bertz CT molecular complexity index is 1320. The molecular weight excluding hydrogens is 597 g/mol. The van der Waals surface area contributed by atoms with Crippen molar-refractivity contribution in [3.05, 3.63) is 86.0 Å². The third-order valence-corrected chi connectivity index (χ3v) is 6.00. The SMILES string of the molecule is COc1ccc(C(C)C)cc1-c1ccc(C(F)(F)F)cc1C#N.N#Cc1cc(C(F)(F)F)ccc1I. The molecule has 0 saturated heterocycles. The van der Waals surface area contributed by atoms with Crippen LogP contribution < -0.4 is 4.74 Å². The maximum Gasteiger partial charge on any atom is 0.416 e. The number of benzene rings is 3. The Hall–Kier alpha value is -3.25. The molecule has 3 aromatic rings. The minimum atomic E-state index is -4.48. The summed E-state index contributed by atoms with van der Waals surface area (Å²) in [7, 11) is 1.49.